The Kier molecular flexibility index (Phi) is 7.47. The summed E-state index contributed by atoms with van der Waals surface area (Å²) in [6.07, 6.45) is 8.36. The molecule has 4 nitrogen and oxygen atoms in total. The Morgan fingerprint density at radius 2 is 1.76 bits per heavy atom. The number of carbonyl (C=O) groups is 1. The standard InChI is InChI=1S/C21H22O4/c1-24-16-25-21-14-9-18(10-15-21)8-11-19(22)5-3-2-4-17-6-12-20(23)13-7-17/h3,5-15,23H,2,4,16H2,1H3. The van der Waals surface area contributed by atoms with Crippen LogP contribution in [0.25, 0.3) is 6.08 Å². The van der Waals surface area contributed by atoms with Crippen LogP contribution < -0.4 is 4.74 Å². The summed E-state index contributed by atoms with van der Waals surface area (Å²) in [5, 5.41) is 9.23. The summed E-state index contributed by atoms with van der Waals surface area (Å²) in [6.45, 7) is 0.211. The normalized spacial score (nSPS) is 11.2. The van der Waals surface area contributed by atoms with Gasteiger partial charge in [-0.1, -0.05) is 36.4 Å². The highest BCUT2D eigenvalue weighted by Crippen LogP contribution is 2.13. The van der Waals surface area contributed by atoms with E-state index in [4.69, 9.17) is 9.47 Å². The van der Waals surface area contributed by atoms with Crippen molar-refractivity contribution in [2.75, 3.05) is 13.9 Å². The average molecular weight is 338 g/mol. The van der Waals surface area contributed by atoms with Gasteiger partial charge < -0.3 is 14.6 Å². The third-order valence-electron chi connectivity index (χ3n) is 3.48. The number of benzene rings is 2. The summed E-state index contributed by atoms with van der Waals surface area (Å²) in [4.78, 5) is 11.8. The van der Waals surface area contributed by atoms with Crippen LogP contribution in [0.4, 0.5) is 0 Å². The summed E-state index contributed by atoms with van der Waals surface area (Å²) in [5.74, 6) is 0.933. The number of rotatable bonds is 9. The first-order valence-corrected chi connectivity index (χ1v) is 8.05. The Morgan fingerprint density at radius 3 is 2.44 bits per heavy atom. The molecule has 1 N–H and O–H groups in total. The monoisotopic (exact) mass is 338 g/mol. The molecule has 0 saturated heterocycles. The first-order chi connectivity index (χ1) is 12.2. The largest absolute Gasteiger partial charge is 0.508 e. The second-order valence-corrected chi connectivity index (χ2v) is 5.46. The van der Waals surface area contributed by atoms with Crippen molar-refractivity contribution in [3.8, 4) is 11.5 Å². The number of phenolic OH excluding ortho intramolecular Hbond substituents is 1. The molecule has 0 bridgehead atoms. The zero-order chi connectivity index (χ0) is 17.9. The lowest BCUT2D eigenvalue weighted by atomic mass is 10.1. The number of hydrogen-bond donors (Lipinski definition) is 1. The van der Waals surface area contributed by atoms with Crippen LogP contribution in [-0.2, 0) is 16.0 Å². The van der Waals surface area contributed by atoms with E-state index in [2.05, 4.69) is 0 Å². The Labute approximate surface area is 148 Å². The van der Waals surface area contributed by atoms with E-state index in [9.17, 15) is 9.90 Å². The molecule has 0 unspecified atom stereocenters. The van der Waals surface area contributed by atoms with Crippen molar-refractivity contribution in [1.82, 2.24) is 0 Å². The third-order valence-corrected chi connectivity index (χ3v) is 3.48. The average Bonchev–Trinajstić information content (AvgIpc) is 2.64. The molecule has 0 aliphatic rings. The van der Waals surface area contributed by atoms with Crippen molar-refractivity contribution in [2.24, 2.45) is 0 Å². The lowest BCUT2D eigenvalue weighted by molar-refractivity contribution is -0.110. The van der Waals surface area contributed by atoms with Gasteiger partial charge >= 0.3 is 0 Å². The van der Waals surface area contributed by atoms with Crippen molar-refractivity contribution < 1.29 is 19.4 Å². The molecule has 130 valence electrons. The third kappa shape index (κ3) is 7.06. The van der Waals surface area contributed by atoms with Crippen molar-refractivity contribution in [3.63, 3.8) is 0 Å². The molecule has 0 radical (unpaired) electrons. The number of carbonyl (C=O) groups excluding carboxylic acids is 1. The first kappa shape index (κ1) is 18.5. The molecule has 2 aromatic carbocycles. The molecule has 0 saturated carbocycles. The van der Waals surface area contributed by atoms with Gasteiger partial charge in [-0.2, -0.15) is 0 Å². The maximum absolute atomic E-state index is 11.8. The molecule has 0 aliphatic carbocycles. The number of hydrogen-bond acceptors (Lipinski definition) is 4. The van der Waals surface area contributed by atoms with Crippen LogP contribution >= 0.6 is 0 Å². The van der Waals surface area contributed by atoms with Crippen molar-refractivity contribution in [3.05, 3.63) is 77.9 Å². The Morgan fingerprint density at radius 1 is 1.04 bits per heavy atom. The molecule has 2 rings (SSSR count). The highest BCUT2D eigenvalue weighted by Gasteiger charge is 1.95. The molecular weight excluding hydrogens is 316 g/mol. The van der Waals surface area contributed by atoms with Gasteiger partial charge in [-0.3, -0.25) is 4.79 Å². The Hall–Kier alpha value is -2.85. The van der Waals surface area contributed by atoms with Crippen LogP contribution in [0.2, 0.25) is 0 Å². The molecule has 0 spiro atoms. The number of allylic oxidation sites excluding steroid dienone is 3. The topological polar surface area (TPSA) is 55.8 Å². The van der Waals surface area contributed by atoms with Crippen molar-refractivity contribution in [2.45, 2.75) is 12.8 Å². The minimum Gasteiger partial charge on any atom is -0.508 e. The van der Waals surface area contributed by atoms with Crippen LogP contribution in [0.5, 0.6) is 11.5 Å². The van der Waals surface area contributed by atoms with Crippen LogP contribution in [0.1, 0.15) is 17.5 Å². The van der Waals surface area contributed by atoms with Gasteiger partial charge in [0.05, 0.1) is 0 Å². The van der Waals surface area contributed by atoms with Crippen molar-refractivity contribution in [1.29, 1.82) is 0 Å². The minimum absolute atomic E-state index is 0.0505. The van der Waals surface area contributed by atoms with Crippen molar-refractivity contribution >= 4 is 11.9 Å². The molecule has 0 aliphatic heterocycles. The second-order valence-electron chi connectivity index (χ2n) is 5.46. The fourth-order valence-corrected chi connectivity index (χ4v) is 2.15. The predicted octanol–water partition coefficient (Wildman–Crippen LogP) is 4.15. The van der Waals surface area contributed by atoms with E-state index >= 15 is 0 Å². The van der Waals surface area contributed by atoms with E-state index in [0.717, 1.165) is 29.7 Å². The van der Waals surface area contributed by atoms with E-state index in [1.54, 1.807) is 37.5 Å². The first-order valence-electron chi connectivity index (χ1n) is 8.05. The molecule has 0 heterocycles. The van der Waals surface area contributed by atoms with Crippen LogP contribution in [-0.4, -0.2) is 24.8 Å². The number of methoxy groups -OCH3 is 1. The second kappa shape index (κ2) is 10.1. The predicted molar refractivity (Wildman–Crippen MR) is 98.6 cm³/mol. The maximum Gasteiger partial charge on any atom is 0.188 e. The van der Waals surface area contributed by atoms with Crippen LogP contribution in [0, 0.1) is 0 Å². The Balaban J connectivity index is 1.76. The van der Waals surface area contributed by atoms with Gasteiger partial charge in [0.25, 0.3) is 0 Å². The van der Waals surface area contributed by atoms with E-state index in [1.807, 2.05) is 42.5 Å². The quantitative estimate of drug-likeness (QED) is 0.551. The lowest BCUT2D eigenvalue weighted by Crippen LogP contribution is -1.98. The van der Waals surface area contributed by atoms with E-state index in [0.29, 0.717) is 0 Å². The number of phenols is 1. The summed E-state index contributed by atoms with van der Waals surface area (Å²) >= 11 is 0. The molecular formula is C21H22O4. The van der Waals surface area contributed by atoms with Gasteiger partial charge in [0.15, 0.2) is 12.6 Å². The highest BCUT2D eigenvalue weighted by molar-refractivity contribution is 6.01. The van der Waals surface area contributed by atoms with E-state index < -0.39 is 0 Å². The Bertz CT molecular complexity index is 713. The van der Waals surface area contributed by atoms with Gasteiger partial charge in [0.2, 0.25) is 0 Å². The molecule has 0 amide bonds. The molecule has 0 aromatic heterocycles. The molecule has 2 aromatic rings. The summed E-state index contributed by atoms with van der Waals surface area (Å²) in [6, 6.07) is 14.5. The molecule has 25 heavy (non-hydrogen) atoms. The van der Waals surface area contributed by atoms with Gasteiger partial charge in [-0.05, 0) is 60.4 Å². The van der Waals surface area contributed by atoms with Gasteiger partial charge in [0, 0.05) is 7.11 Å². The van der Waals surface area contributed by atoms with Crippen LogP contribution in [0.3, 0.4) is 0 Å². The number of aryl methyl sites for hydroxylation is 1. The molecule has 0 fully saturated rings. The zero-order valence-corrected chi connectivity index (χ0v) is 14.2. The van der Waals surface area contributed by atoms with E-state index in [1.165, 1.54) is 0 Å². The van der Waals surface area contributed by atoms with E-state index in [-0.39, 0.29) is 18.3 Å². The highest BCUT2D eigenvalue weighted by atomic mass is 16.7. The van der Waals surface area contributed by atoms with Crippen LogP contribution in [0.15, 0.2) is 66.8 Å². The fraction of sp³-hybridized carbons (Fsp3) is 0.190. The minimum atomic E-state index is -0.0505. The summed E-state index contributed by atoms with van der Waals surface area (Å²) in [7, 11) is 1.57. The fourth-order valence-electron chi connectivity index (χ4n) is 2.15. The van der Waals surface area contributed by atoms with Gasteiger partial charge in [-0.25, -0.2) is 0 Å². The number of ketones is 1. The van der Waals surface area contributed by atoms with Gasteiger partial charge in [-0.15, -0.1) is 0 Å². The molecule has 0 atom stereocenters. The summed E-state index contributed by atoms with van der Waals surface area (Å²) in [5.41, 5.74) is 2.05. The number of aromatic hydroxyl groups is 1. The van der Waals surface area contributed by atoms with Gasteiger partial charge in [0.1, 0.15) is 11.5 Å². The lowest BCUT2D eigenvalue weighted by Gasteiger charge is -2.03. The number of ether oxygens (including phenoxy) is 2. The summed E-state index contributed by atoms with van der Waals surface area (Å²) < 4.78 is 10.1. The molecule has 4 heteroatoms. The SMILES string of the molecule is COCOc1ccc(C=CC(=O)C=CCCc2ccc(O)cc2)cc1. The zero-order valence-electron chi connectivity index (χ0n) is 14.2. The maximum atomic E-state index is 11.8. The smallest absolute Gasteiger partial charge is 0.188 e.